The van der Waals surface area contributed by atoms with Gasteiger partial charge < -0.3 is 0 Å². The van der Waals surface area contributed by atoms with Crippen molar-refractivity contribution in [3.63, 3.8) is 0 Å². The lowest BCUT2D eigenvalue weighted by Gasteiger charge is -2.18. The topological polar surface area (TPSA) is 0 Å². The number of benzene rings is 2. The summed E-state index contributed by atoms with van der Waals surface area (Å²) in [7, 11) is 0. The van der Waals surface area contributed by atoms with Gasteiger partial charge in [-0.05, 0) is 58.4 Å². The van der Waals surface area contributed by atoms with E-state index in [1.165, 1.54) is 11.1 Å². The average Bonchev–Trinajstić information content (AvgIpc) is 2.57. The Morgan fingerprint density at radius 1 is 0.538 bits per heavy atom. The molecule has 2 aromatic rings. The number of hydrogen-bond acceptors (Lipinski definition) is 0. The van der Waals surface area contributed by atoms with Crippen molar-refractivity contribution in [1.82, 2.24) is 0 Å². The first-order chi connectivity index (χ1) is 12.2. The van der Waals surface area contributed by atoms with Crippen LogP contribution in [0.15, 0.2) is 60.7 Å². The van der Waals surface area contributed by atoms with Gasteiger partial charge in [-0.2, -0.15) is 0 Å². The van der Waals surface area contributed by atoms with Crippen LogP contribution >= 0.6 is 0 Å². The molecule has 0 heteroatoms. The highest BCUT2D eigenvalue weighted by molar-refractivity contribution is 5.43. The molecule has 0 radical (unpaired) electrons. The van der Waals surface area contributed by atoms with Crippen molar-refractivity contribution in [2.45, 2.75) is 52.4 Å². The minimum atomic E-state index is 0.173. The Morgan fingerprint density at radius 2 is 0.846 bits per heavy atom. The van der Waals surface area contributed by atoms with E-state index < -0.39 is 0 Å². The quantitative estimate of drug-likeness (QED) is 0.498. The van der Waals surface area contributed by atoms with Gasteiger partial charge in [0.1, 0.15) is 0 Å². The minimum absolute atomic E-state index is 0.173. The predicted molar refractivity (Wildman–Crippen MR) is 113 cm³/mol. The molecule has 0 aliphatic heterocycles. The molecule has 0 aromatic heterocycles. The lowest BCUT2D eigenvalue weighted by Crippen LogP contribution is -2.10. The van der Waals surface area contributed by atoms with Crippen LogP contribution in [0.1, 0.15) is 63.8 Å². The molecular weight excluding hydrogens is 312 g/mol. The van der Waals surface area contributed by atoms with Gasteiger partial charge in [0.2, 0.25) is 0 Å². The first kappa shape index (κ1) is 19.6. The monoisotopic (exact) mass is 340 g/mol. The van der Waals surface area contributed by atoms with Crippen LogP contribution in [0.25, 0.3) is 0 Å². The lowest BCUT2D eigenvalue weighted by molar-refractivity contribution is 0.590. The Kier molecular flexibility index (Phi) is 6.13. The van der Waals surface area contributed by atoms with E-state index in [0.29, 0.717) is 0 Å². The standard InChI is InChI=1S/C26H28/c1-25(2,3)23-17-13-21(14-18-23)11-9-7-8-10-12-22-15-19-24(20-16-22)26(4,5)6/h7-8,13-20H,1-6H3/b8-7+. The summed E-state index contributed by atoms with van der Waals surface area (Å²) >= 11 is 0. The summed E-state index contributed by atoms with van der Waals surface area (Å²) in [6, 6.07) is 16.9. The molecule has 0 bridgehead atoms. The number of allylic oxidation sites excluding steroid dienone is 2. The van der Waals surface area contributed by atoms with Crippen molar-refractivity contribution in [1.29, 1.82) is 0 Å². The van der Waals surface area contributed by atoms with Crippen molar-refractivity contribution < 1.29 is 0 Å². The Hall–Kier alpha value is -2.70. The maximum Gasteiger partial charge on any atom is 0.0249 e. The molecule has 0 amide bonds. The molecule has 0 unspecified atom stereocenters. The Labute approximate surface area is 159 Å². The third-order valence-corrected chi connectivity index (χ3v) is 4.18. The van der Waals surface area contributed by atoms with Crippen LogP contribution in [0.5, 0.6) is 0 Å². The van der Waals surface area contributed by atoms with Crippen LogP contribution in [0, 0.1) is 23.7 Å². The fourth-order valence-electron chi connectivity index (χ4n) is 2.44. The number of hydrogen-bond donors (Lipinski definition) is 0. The van der Waals surface area contributed by atoms with E-state index in [4.69, 9.17) is 0 Å². The second-order valence-electron chi connectivity index (χ2n) is 8.53. The Bertz CT molecular complexity index is 792. The number of rotatable bonds is 0. The van der Waals surface area contributed by atoms with Gasteiger partial charge >= 0.3 is 0 Å². The molecular formula is C26H28. The highest BCUT2D eigenvalue weighted by Crippen LogP contribution is 2.22. The van der Waals surface area contributed by atoms with Crippen molar-refractivity contribution >= 4 is 0 Å². The molecule has 0 saturated heterocycles. The zero-order chi connectivity index (χ0) is 19.2. The van der Waals surface area contributed by atoms with E-state index in [9.17, 15) is 0 Å². The van der Waals surface area contributed by atoms with Crippen molar-refractivity contribution in [3.05, 3.63) is 82.9 Å². The molecule has 0 fully saturated rings. The highest BCUT2D eigenvalue weighted by Gasteiger charge is 2.13. The third kappa shape index (κ3) is 5.98. The van der Waals surface area contributed by atoms with Gasteiger partial charge in [-0.25, -0.2) is 0 Å². The van der Waals surface area contributed by atoms with Crippen molar-refractivity contribution in [2.75, 3.05) is 0 Å². The summed E-state index contributed by atoms with van der Waals surface area (Å²) in [4.78, 5) is 0. The molecule has 0 aliphatic rings. The molecule has 132 valence electrons. The first-order valence-electron chi connectivity index (χ1n) is 9.05. The zero-order valence-corrected chi connectivity index (χ0v) is 16.8. The first-order valence-corrected chi connectivity index (χ1v) is 9.05. The predicted octanol–water partition coefficient (Wildman–Crippen LogP) is 6.24. The molecule has 26 heavy (non-hydrogen) atoms. The summed E-state index contributed by atoms with van der Waals surface area (Å²) in [5, 5.41) is 0. The van der Waals surface area contributed by atoms with Gasteiger partial charge in [0.05, 0.1) is 0 Å². The fourth-order valence-corrected chi connectivity index (χ4v) is 2.44. The van der Waals surface area contributed by atoms with Crippen LogP contribution in [0.4, 0.5) is 0 Å². The van der Waals surface area contributed by atoms with Gasteiger partial charge in [-0.3, -0.25) is 0 Å². The van der Waals surface area contributed by atoms with Crippen LogP contribution in [0.2, 0.25) is 0 Å². The van der Waals surface area contributed by atoms with Gasteiger partial charge in [0, 0.05) is 11.1 Å². The SMILES string of the molecule is CC(C)(C)c1ccc(C#C/C=C/C#Cc2ccc(C(C)(C)C)cc2)cc1. The lowest BCUT2D eigenvalue weighted by atomic mass is 9.87. The molecule has 0 atom stereocenters. The Morgan fingerprint density at radius 3 is 1.12 bits per heavy atom. The maximum atomic E-state index is 3.14. The zero-order valence-electron chi connectivity index (χ0n) is 16.8. The van der Waals surface area contributed by atoms with Gasteiger partial charge in [0.15, 0.2) is 0 Å². The van der Waals surface area contributed by atoms with E-state index in [-0.39, 0.29) is 10.8 Å². The van der Waals surface area contributed by atoms with Crippen LogP contribution in [-0.2, 0) is 10.8 Å². The largest absolute Gasteiger partial charge is 0.0689 e. The highest BCUT2D eigenvalue weighted by atomic mass is 14.2. The van der Waals surface area contributed by atoms with Crippen LogP contribution < -0.4 is 0 Å². The molecule has 0 spiro atoms. The van der Waals surface area contributed by atoms with Crippen LogP contribution in [-0.4, -0.2) is 0 Å². The van der Waals surface area contributed by atoms with Gasteiger partial charge in [-0.1, -0.05) is 89.5 Å². The van der Waals surface area contributed by atoms with E-state index in [0.717, 1.165) is 11.1 Å². The maximum absolute atomic E-state index is 3.14. The van der Waals surface area contributed by atoms with Crippen LogP contribution in [0.3, 0.4) is 0 Å². The Balaban J connectivity index is 1.97. The third-order valence-electron chi connectivity index (χ3n) is 4.18. The van der Waals surface area contributed by atoms with E-state index in [2.05, 4.69) is 114 Å². The second-order valence-corrected chi connectivity index (χ2v) is 8.53. The molecule has 2 aromatic carbocycles. The van der Waals surface area contributed by atoms with E-state index in [1.807, 2.05) is 0 Å². The van der Waals surface area contributed by atoms with Crippen molar-refractivity contribution in [2.24, 2.45) is 0 Å². The summed E-state index contributed by atoms with van der Waals surface area (Å²) in [6.45, 7) is 13.3. The van der Waals surface area contributed by atoms with Gasteiger partial charge in [0.25, 0.3) is 0 Å². The normalized spacial score (nSPS) is 11.5. The summed E-state index contributed by atoms with van der Waals surface area (Å²) in [6.07, 6.45) is 3.60. The summed E-state index contributed by atoms with van der Waals surface area (Å²) in [5.74, 6) is 12.4. The molecule has 0 aliphatic carbocycles. The molecule has 0 saturated carbocycles. The van der Waals surface area contributed by atoms with Crippen molar-refractivity contribution in [3.8, 4) is 23.7 Å². The summed E-state index contributed by atoms with van der Waals surface area (Å²) in [5.41, 5.74) is 5.03. The second kappa shape index (κ2) is 8.12. The molecule has 0 nitrogen and oxygen atoms in total. The van der Waals surface area contributed by atoms with E-state index in [1.54, 1.807) is 12.2 Å². The smallest absolute Gasteiger partial charge is 0.0249 e. The van der Waals surface area contributed by atoms with E-state index >= 15 is 0 Å². The fraction of sp³-hybridized carbons (Fsp3) is 0.308. The average molecular weight is 341 g/mol. The molecule has 0 heterocycles. The molecule has 0 N–H and O–H groups in total. The summed E-state index contributed by atoms with van der Waals surface area (Å²) < 4.78 is 0. The van der Waals surface area contributed by atoms with Gasteiger partial charge in [-0.15, -0.1) is 0 Å². The minimum Gasteiger partial charge on any atom is -0.0689 e. The molecule has 2 rings (SSSR count).